The Bertz CT molecular complexity index is 1130. The molecule has 0 fully saturated rings. The normalized spacial score (nSPS) is 11.4. The summed E-state index contributed by atoms with van der Waals surface area (Å²) < 4.78 is 29.3. The first-order chi connectivity index (χ1) is 15.9. The molecular formula is C24H23FN2O6. The molecule has 9 heteroatoms. The molecule has 1 unspecified atom stereocenters. The monoisotopic (exact) mass is 454 g/mol. The Kier molecular flexibility index (Phi) is 7.45. The zero-order chi connectivity index (χ0) is 24.0. The molecule has 0 aliphatic carbocycles. The molecule has 1 amide bonds. The number of hydrogen-bond acceptors (Lipinski definition) is 6. The van der Waals surface area contributed by atoms with Crippen molar-refractivity contribution in [1.82, 2.24) is 5.32 Å². The van der Waals surface area contributed by atoms with Crippen LogP contribution >= 0.6 is 0 Å². The van der Waals surface area contributed by atoms with E-state index in [2.05, 4.69) is 5.32 Å². The highest BCUT2D eigenvalue weighted by Crippen LogP contribution is 2.39. The Hall–Kier alpha value is -4.14. The number of hydrogen-bond donors (Lipinski definition) is 1. The average molecular weight is 454 g/mol. The molecule has 1 N–H and O–H groups in total. The largest absolute Gasteiger partial charge is 0.494 e. The van der Waals surface area contributed by atoms with Gasteiger partial charge in [-0.05, 0) is 55.0 Å². The lowest BCUT2D eigenvalue weighted by Crippen LogP contribution is -2.30. The second kappa shape index (κ2) is 10.4. The molecule has 33 heavy (non-hydrogen) atoms. The number of rotatable bonds is 9. The van der Waals surface area contributed by atoms with E-state index in [4.69, 9.17) is 14.2 Å². The number of carbonyl (C=O) groups excluding carboxylic acids is 1. The molecule has 0 heterocycles. The molecular weight excluding hydrogens is 431 g/mol. The van der Waals surface area contributed by atoms with Gasteiger partial charge in [0.05, 0.1) is 43.4 Å². The highest BCUT2D eigenvalue weighted by atomic mass is 19.1. The number of nitro groups is 1. The van der Waals surface area contributed by atoms with Crippen molar-refractivity contribution in [2.45, 2.75) is 13.0 Å². The fraction of sp³-hybridized carbons (Fsp3) is 0.208. The number of methoxy groups -OCH3 is 2. The first kappa shape index (κ1) is 23.5. The predicted molar refractivity (Wildman–Crippen MR) is 120 cm³/mol. The summed E-state index contributed by atoms with van der Waals surface area (Å²) in [5, 5.41) is 14.7. The minimum Gasteiger partial charge on any atom is -0.494 e. The van der Waals surface area contributed by atoms with Gasteiger partial charge in [-0.1, -0.05) is 12.1 Å². The second-order valence-corrected chi connectivity index (χ2v) is 6.94. The molecule has 3 aromatic carbocycles. The molecule has 0 radical (unpaired) electrons. The Labute approximate surface area is 190 Å². The van der Waals surface area contributed by atoms with Crippen LogP contribution in [0.1, 0.15) is 34.5 Å². The van der Waals surface area contributed by atoms with Crippen molar-refractivity contribution in [3.63, 3.8) is 0 Å². The van der Waals surface area contributed by atoms with E-state index < -0.39 is 22.7 Å². The lowest BCUT2D eigenvalue weighted by molar-refractivity contribution is -0.385. The van der Waals surface area contributed by atoms with Gasteiger partial charge in [0.2, 0.25) is 0 Å². The Morgan fingerprint density at radius 2 is 1.64 bits per heavy atom. The van der Waals surface area contributed by atoms with Gasteiger partial charge >= 0.3 is 0 Å². The number of nitro benzene ring substituents is 1. The Morgan fingerprint density at radius 1 is 1.03 bits per heavy atom. The molecule has 172 valence electrons. The number of benzene rings is 3. The summed E-state index contributed by atoms with van der Waals surface area (Å²) in [6.07, 6.45) is 0. The molecule has 0 aliphatic rings. The molecule has 0 aliphatic heterocycles. The lowest BCUT2D eigenvalue weighted by atomic mass is 9.95. The van der Waals surface area contributed by atoms with E-state index in [0.29, 0.717) is 17.9 Å². The molecule has 0 spiro atoms. The maximum Gasteiger partial charge on any atom is 0.279 e. The zero-order valence-electron chi connectivity index (χ0n) is 18.3. The van der Waals surface area contributed by atoms with E-state index in [1.54, 1.807) is 24.3 Å². The zero-order valence-corrected chi connectivity index (χ0v) is 18.3. The Balaban J connectivity index is 2.12. The van der Waals surface area contributed by atoms with Gasteiger partial charge in [-0.3, -0.25) is 14.9 Å². The first-order valence-corrected chi connectivity index (χ1v) is 10.1. The number of nitrogens with one attached hydrogen (secondary N) is 1. The van der Waals surface area contributed by atoms with Crippen LogP contribution in [0.3, 0.4) is 0 Å². The highest BCUT2D eigenvalue weighted by Gasteiger charge is 2.28. The summed E-state index contributed by atoms with van der Waals surface area (Å²) >= 11 is 0. The van der Waals surface area contributed by atoms with Crippen LogP contribution in [-0.4, -0.2) is 31.7 Å². The summed E-state index contributed by atoms with van der Waals surface area (Å²) in [7, 11) is 2.79. The predicted octanol–water partition coefficient (Wildman–Crippen LogP) is 4.67. The van der Waals surface area contributed by atoms with Crippen LogP contribution in [0.4, 0.5) is 10.1 Å². The van der Waals surface area contributed by atoms with Gasteiger partial charge in [0, 0.05) is 5.56 Å². The lowest BCUT2D eigenvalue weighted by Gasteiger charge is -2.21. The minimum atomic E-state index is -0.918. The fourth-order valence-corrected chi connectivity index (χ4v) is 3.35. The van der Waals surface area contributed by atoms with E-state index in [1.807, 2.05) is 6.92 Å². The second-order valence-electron chi connectivity index (χ2n) is 6.94. The molecule has 3 aromatic rings. The highest BCUT2D eigenvalue weighted by molar-refractivity contribution is 5.94. The van der Waals surface area contributed by atoms with Gasteiger partial charge < -0.3 is 19.5 Å². The summed E-state index contributed by atoms with van der Waals surface area (Å²) in [4.78, 5) is 24.3. The summed E-state index contributed by atoms with van der Waals surface area (Å²) in [6, 6.07) is 13.6. The number of nitrogens with zero attached hydrogens (tertiary/aromatic N) is 1. The van der Waals surface area contributed by atoms with Crippen molar-refractivity contribution < 1.29 is 28.3 Å². The Morgan fingerprint density at radius 3 is 2.18 bits per heavy atom. The van der Waals surface area contributed by atoms with E-state index in [-0.39, 0.29) is 28.3 Å². The number of carbonyl (C=O) groups is 1. The topological polar surface area (TPSA) is 99.9 Å². The number of amides is 1. The van der Waals surface area contributed by atoms with Crippen molar-refractivity contribution in [2.24, 2.45) is 0 Å². The molecule has 0 saturated carbocycles. The van der Waals surface area contributed by atoms with Crippen molar-refractivity contribution in [2.75, 3.05) is 20.8 Å². The third kappa shape index (κ3) is 5.38. The third-order valence-corrected chi connectivity index (χ3v) is 4.95. The standard InChI is InChI=1S/C24H23FN2O6/c1-4-33-18-11-7-15(8-12-18)23(26-24(28)16-5-9-17(25)10-6-16)19-13-21(31-2)22(32-3)14-20(19)27(29)30/h5-14,23H,4H2,1-3H3,(H,26,28). The third-order valence-electron chi connectivity index (χ3n) is 4.95. The SMILES string of the molecule is CCOc1ccc(C(NC(=O)c2ccc(F)cc2)c2cc(OC)c(OC)cc2[N+](=O)[O-])cc1. The van der Waals surface area contributed by atoms with Crippen LogP contribution in [0.5, 0.6) is 17.2 Å². The summed E-state index contributed by atoms with van der Waals surface area (Å²) in [6.45, 7) is 2.33. The van der Waals surface area contributed by atoms with Crippen LogP contribution in [0, 0.1) is 15.9 Å². The smallest absolute Gasteiger partial charge is 0.279 e. The fourth-order valence-electron chi connectivity index (χ4n) is 3.35. The van der Waals surface area contributed by atoms with E-state index in [1.165, 1.54) is 50.6 Å². The maximum atomic E-state index is 13.3. The van der Waals surface area contributed by atoms with Crippen LogP contribution in [0.15, 0.2) is 60.7 Å². The van der Waals surface area contributed by atoms with Gasteiger partial charge in [0.25, 0.3) is 11.6 Å². The van der Waals surface area contributed by atoms with Gasteiger partial charge in [0.1, 0.15) is 11.6 Å². The van der Waals surface area contributed by atoms with E-state index in [0.717, 1.165) is 0 Å². The summed E-state index contributed by atoms with van der Waals surface area (Å²) in [5.74, 6) is 0.0584. The molecule has 3 rings (SSSR count). The molecule has 0 aromatic heterocycles. The van der Waals surface area contributed by atoms with Crippen molar-refractivity contribution in [3.8, 4) is 17.2 Å². The average Bonchev–Trinajstić information content (AvgIpc) is 2.82. The molecule has 1 atom stereocenters. The van der Waals surface area contributed by atoms with Crippen molar-refractivity contribution >= 4 is 11.6 Å². The van der Waals surface area contributed by atoms with Gasteiger partial charge in [-0.15, -0.1) is 0 Å². The molecule has 0 bridgehead atoms. The number of halogens is 1. The van der Waals surface area contributed by atoms with Gasteiger partial charge in [-0.2, -0.15) is 0 Å². The molecule has 8 nitrogen and oxygen atoms in total. The first-order valence-electron chi connectivity index (χ1n) is 10.1. The molecule has 0 saturated heterocycles. The van der Waals surface area contributed by atoms with Crippen molar-refractivity contribution in [1.29, 1.82) is 0 Å². The van der Waals surface area contributed by atoms with E-state index >= 15 is 0 Å². The quantitative estimate of drug-likeness (QED) is 0.373. The van der Waals surface area contributed by atoms with Crippen LogP contribution in [0.2, 0.25) is 0 Å². The van der Waals surface area contributed by atoms with Crippen LogP contribution in [0.25, 0.3) is 0 Å². The van der Waals surface area contributed by atoms with Gasteiger partial charge in [0.15, 0.2) is 11.5 Å². The van der Waals surface area contributed by atoms with Gasteiger partial charge in [-0.25, -0.2) is 4.39 Å². The maximum absolute atomic E-state index is 13.3. The minimum absolute atomic E-state index is 0.184. The van der Waals surface area contributed by atoms with Crippen molar-refractivity contribution in [3.05, 3.63) is 93.3 Å². The summed E-state index contributed by atoms with van der Waals surface area (Å²) in [5.41, 5.74) is 0.711. The van der Waals surface area contributed by atoms with Crippen LogP contribution < -0.4 is 19.5 Å². The van der Waals surface area contributed by atoms with Crippen LogP contribution in [-0.2, 0) is 0 Å². The number of ether oxygens (including phenoxy) is 3. The van der Waals surface area contributed by atoms with E-state index in [9.17, 15) is 19.3 Å².